The summed E-state index contributed by atoms with van der Waals surface area (Å²) < 4.78 is 15.6. The summed E-state index contributed by atoms with van der Waals surface area (Å²) >= 11 is 0. The summed E-state index contributed by atoms with van der Waals surface area (Å²) in [5.74, 6) is -1.02. The van der Waals surface area contributed by atoms with E-state index in [1.54, 1.807) is 6.20 Å². The molecule has 1 aliphatic carbocycles. The van der Waals surface area contributed by atoms with Crippen LogP contribution in [0.15, 0.2) is 24.4 Å². The minimum absolute atomic E-state index is 0.0141. The minimum atomic E-state index is -0.602. The van der Waals surface area contributed by atoms with Gasteiger partial charge in [0.15, 0.2) is 0 Å². The van der Waals surface area contributed by atoms with Gasteiger partial charge in [-0.2, -0.15) is 5.10 Å². The molecule has 0 spiro atoms. The molecule has 1 atom stereocenters. The first-order valence-corrected chi connectivity index (χ1v) is 6.93. The van der Waals surface area contributed by atoms with Crippen LogP contribution >= 0.6 is 0 Å². The third-order valence-corrected chi connectivity index (χ3v) is 3.92. The van der Waals surface area contributed by atoms with E-state index in [0.717, 1.165) is 36.6 Å². The van der Waals surface area contributed by atoms with Gasteiger partial charge in [0.25, 0.3) is 5.91 Å². The predicted molar refractivity (Wildman–Crippen MR) is 77.2 cm³/mol. The zero-order valence-corrected chi connectivity index (χ0v) is 11.8. The first-order chi connectivity index (χ1) is 10.1. The van der Waals surface area contributed by atoms with Crippen LogP contribution in [0.5, 0.6) is 0 Å². The summed E-state index contributed by atoms with van der Waals surface area (Å²) in [5.41, 5.74) is 7.96. The Morgan fingerprint density at radius 2 is 2.33 bits per heavy atom. The van der Waals surface area contributed by atoms with Gasteiger partial charge in [-0.3, -0.25) is 9.48 Å². The largest absolute Gasteiger partial charge is 0.399 e. The Morgan fingerprint density at radius 1 is 1.52 bits per heavy atom. The van der Waals surface area contributed by atoms with Crippen molar-refractivity contribution >= 4 is 11.6 Å². The van der Waals surface area contributed by atoms with E-state index in [0.29, 0.717) is 5.69 Å². The van der Waals surface area contributed by atoms with E-state index in [1.165, 1.54) is 12.1 Å². The van der Waals surface area contributed by atoms with E-state index in [4.69, 9.17) is 5.73 Å². The highest BCUT2D eigenvalue weighted by atomic mass is 19.1. The SMILES string of the molecule is Cn1ncc2c1CCCC2NC(=O)c1ccc(N)cc1F. The molecule has 1 heterocycles. The number of amides is 1. The molecule has 2 aromatic rings. The van der Waals surface area contributed by atoms with Gasteiger partial charge < -0.3 is 11.1 Å². The van der Waals surface area contributed by atoms with Crippen molar-refractivity contribution in [3.8, 4) is 0 Å². The lowest BCUT2D eigenvalue weighted by Gasteiger charge is -2.24. The van der Waals surface area contributed by atoms with E-state index in [9.17, 15) is 9.18 Å². The molecular weight excluding hydrogens is 271 g/mol. The summed E-state index contributed by atoms with van der Waals surface area (Å²) in [6.07, 6.45) is 4.54. The van der Waals surface area contributed by atoms with Crippen LogP contribution in [0.4, 0.5) is 10.1 Å². The van der Waals surface area contributed by atoms with Crippen LogP contribution in [0.3, 0.4) is 0 Å². The zero-order valence-electron chi connectivity index (χ0n) is 11.8. The number of benzene rings is 1. The Labute approximate surface area is 121 Å². The van der Waals surface area contributed by atoms with E-state index in [2.05, 4.69) is 10.4 Å². The summed E-state index contributed by atoms with van der Waals surface area (Å²) in [7, 11) is 1.89. The van der Waals surface area contributed by atoms with Gasteiger partial charge in [-0.05, 0) is 37.5 Å². The second kappa shape index (κ2) is 5.20. The molecule has 3 rings (SSSR count). The highest BCUT2D eigenvalue weighted by Crippen LogP contribution is 2.29. The lowest BCUT2D eigenvalue weighted by molar-refractivity contribution is 0.0928. The van der Waals surface area contributed by atoms with Crippen molar-refractivity contribution in [3.05, 3.63) is 47.0 Å². The molecule has 0 radical (unpaired) electrons. The van der Waals surface area contributed by atoms with E-state index in [1.807, 2.05) is 11.7 Å². The number of carbonyl (C=O) groups is 1. The highest BCUT2D eigenvalue weighted by molar-refractivity contribution is 5.95. The van der Waals surface area contributed by atoms with Crippen molar-refractivity contribution in [2.45, 2.75) is 25.3 Å². The van der Waals surface area contributed by atoms with Gasteiger partial charge in [-0.25, -0.2) is 4.39 Å². The fourth-order valence-corrected chi connectivity index (χ4v) is 2.81. The van der Waals surface area contributed by atoms with Crippen molar-refractivity contribution in [1.29, 1.82) is 0 Å². The first kappa shape index (κ1) is 13.6. The summed E-state index contributed by atoms with van der Waals surface area (Å²) in [6, 6.07) is 3.97. The number of carbonyl (C=O) groups excluding carboxylic acids is 1. The smallest absolute Gasteiger partial charge is 0.254 e. The van der Waals surface area contributed by atoms with Gasteiger partial charge in [0.1, 0.15) is 5.82 Å². The number of nitrogens with zero attached hydrogens (tertiary/aromatic N) is 2. The maximum atomic E-state index is 13.8. The van der Waals surface area contributed by atoms with E-state index < -0.39 is 11.7 Å². The number of nitrogens with two attached hydrogens (primary N) is 1. The molecule has 0 saturated heterocycles. The van der Waals surface area contributed by atoms with Crippen LogP contribution in [0.1, 0.15) is 40.5 Å². The van der Waals surface area contributed by atoms with Crippen LogP contribution < -0.4 is 11.1 Å². The van der Waals surface area contributed by atoms with Crippen LogP contribution in [-0.4, -0.2) is 15.7 Å². The van der Waals surface area contributed by atoms with Gasteiger partial charge in [0.05, 0.1) is 17.8 Å². The number of aromatic nitrogens is 2. The normalized spacial score (nSPS) is 17.3. The molecule has 3 N–H and O–H groups in total. The van der Waals surface area contributed by atoms with Gasteiger partial charge >= 0.3 is 0 Å². The summed E-state index contributed by atoms with van der Waals surface area (Å²) in [5, 5.41) is 7.12. The van der Waals surface area contributed by atoms with Crippen LogP contribution in [0, 0.1) is 5.82 Å². The molecule has 5 nitrogen and oxygen atoms in total. The Hall–Kier alpha value is -2.37. The molecule has 6 heteroatoms. The maximum absolute atomic E-state index is 13.8. The van der Waals surface area contributed by atoms with Gasteiger partial charge in [0.2, 0.25) is 0 Å². The van der Waals surface area contributed by atoms with Gasteiger partial charge in [-0.15, -0.1) is 0 Å². The lowest BCUT2D eigenvalue weighted by atomic mass is 9.92. The van der Waals surface area contributed by atoms with Crippen LogP contribution in [-0.2, 0) is 13.5 Å². The number of fused-ring (bicyclic) bond motifs is 1. The molecule has 110 valence electrons. The Morgan fingerprint density at radius 3 is 3.10 bits per heavy atom. The van der Waals surface area contributed by atoms with E-state index in [-0.39, 0.29) is 11.6 Å². The predicted octanol–water partition coefficient (Wildman–Crippen LogP) is 1.95. The quantitative estimate of drug-likeness (QED) is 0.830. The molecule has 1 aromatic heterocycles. The Bertz CT molecular complexity index is 695. The third-order valence-electron chi connectivity index (χ3n) is 3.92. The number of hydrogen-bond donors (Lipinski definition) is 2. The highest BCUT2D eigenvalue weighted by Gasteiger charge is 2.25. The molecule has 0 fully saturated rings. The van der Waals surface area contributed by atoms with Gasteiger partial charge in [-0.1, -0.05) is 0 Å². The van der Waals surface area contributed by atoms with Crippen molar-refractivity contribution in [2.75, 3.05) is 5.73 Å². The molecule has 0 aliphatic heterocycles. The number of aryl methyl sites for hydroxylation is 1. The minimum Gasteiger partial charge on any atom is -0.399 e. The number of nitrogen functional groups attached to an aromatic ring is 1. The molecule has 1 aliphatic rings. The van der Waals surface area contributed by atoms with Gasteiger partial charge in [0, 0.05) is 24.0 Å². The molecular formula is C15H17FN4O. The van der Waals surface area contributed by atoms with E-state index >= 15 is 0 Å². The van der Waals surface area contributed by atoms with Crippen molar-refractivity contribution in [1.82, 2.24) is 15.1 Å². The molecule has 0 saturated carbocycles. The lowest BCUT2D eigenvalue weighted by Crippen LogP contribution is -2.31. The number of rotatable bonds is 2. The molecule has 21 heavy (non-hydrogen) atoms. The average Bonchev–Trinajstić information content (AvgIpc) is 2.81. The zero-order chi connectivity index (χ0) is 15.0. The number of halogens is 1. The van der Waals surface area contributed by atoms with Crippen molar-refractivity contribution in [3.63, 3.8) is 0 Å². The Kier molecular flexibility index (Phi) is 3.37. The van der Waals surface area contributed by atoms with Crippen molar-refractivity contribution < 1.29 is 9.18 Å². The van der Waals surface area contributed by atoms with Crippen molar-refractivity contribution in [2.24, 2.45) is 7.05 Å². The third kappa shape index (κ3) is 2.49. The molecule has 1 unspecified atom stereocenters. The number of anilines is 1. The fourth-order valence-electron chi connectivity index (χ4n) is 2.81. The summed E-state index contributed by atoms with van der Waals surface area (Å²) in [6.45, 7) is 0. The second-order valence-corrected chi connectivity index (χ2v) is 5.33. The first-order valence-electron chi connectivity index (χ1n) is 6.93. The summed E-state index contributed by atoms with van der Waals surface area (Å²) in [4.78, 5) is 12.2. The second-order valence-electron chi connectivity index (χ2n) is 5.33. The average molecular weight is 288 g/mol. The fraction of sp³-hybridized carbons (Fsp3) is 0.333. The van der Waals surface area contributed by atoms with Crippen LogP contribution in [0.25, 0.3) is 0 Å². The number of hydrogen-bond acceptors (Lipinski definition) is 3. The number of nitrogens with one attached hydrogen (secondary N) is 1. The standard InChI is InChI=1S/C15H17FN4O/c1-20-14-4-2-3-13(11(14)8-18-20)19-15(21)10-6-5-9(17)7-12(10)16/h5-8,13H,2-4,17H2,1H3,(H,19,21). The molecule has 1 amide bonds. The topological polar surface area (TPSA) is 72.9 Å². The molecule has 0 bridgehead atoms. The van der Waals surface area contributed by atoms with Crippen LogP contribution in [0.2, 0.25) is 0 Å². The Balaban J connectivity index is 1.82. The molecule has 1 aromatic carbocycles. The maximum Gasteiger partial charge on any atom is 0.254 e. The monoisotopic (exact) mass is 288 g/mol.